The number of carbonyl (C=O) groups excluding carboxylic acids is 2. The van der Waals surface area contributed by atoms with Crippen LogP contribution in [0.2, 0.25) is 0 Å². The van der Waals surface area contributed by atoms with Crippen LogP contribution in [0.5, 0.6) is 0 Å². The van der Waals surface area contributed by atoms with E-state index < -0.39 is 0 Å². The highest BCUT2D eigenvalue weighted by Gasteiger charge is 2.41. The van der Waals surface area contributed by atoms with Crippen molar-refractivity contribution in [3.63, 3.8) is 0 Å². The molecule has 0 radical (unpaired) electrons. The molecule has 0 spiro atoms. The number of aryl methyl sites for hydroxylation is 1. The highest BCUT2D eigenvalue weighted by molar-refractivity contribution is 6.02. The van der Waals surface area contributed by atoms with Gasteiger partial charge in [0.25, 0.3) is 0 Å². The standard InChI is InChI=1S/C14H17N3O2/c1-9-4-6-15-8-11(9)17-7-5-12(18)16-13(14(17)19)10-2-3-10/h4,6,8,10,13H,2-3,5,7H2,1H3,(H,16,18). The maximum atomic E-state index is 12.6. The van der Waals surface area contributed by atoms with E-state index >= 15 is 0 Å². The first kappa shape index (κ1) is 12.1. The van der Waals surface area contributed by atoms with E-state index in [2.05, 4.69) is 10.3 Å². The maximum Gasteiger partial charge on any atom is 0.249 e. The van der Waals surface area contributed by atoms with E-state index in [0.717, 1.165) is 24.1 Å². The lowest BCUT2D eigenvalue weighted by atomic mass is 10.1. The molecule has 1 N–H and O–H groups in total. The maximum absolute atomic E-state index is 12.6. The van der Waals surface area contributed by atoms with E-state index in [1.807, 2.05) is 13.0 Å². The van der Waals surface area contributed by atoms with Gasteiger partial charge in [0.15, 0.2) is 0 Å². The fourth-order valence-electron chi connectivity index (χ4n) is 2.53. The van der Waals surface area contributed by atoms with Crippen LogP contribution in [0, 0.1) is 12.8 Å². The predicted octanol–water partition coefficient (Wildman–Crippen LogP) is 1.02. The highest BCUT2D eigenvalue weighted by atomic mass is 16.2. The fraction of sp³-hybridized carbons (Fsp3) is 0.500. The van der Waals surface area contributed by atoms with E-state index in [0.29, 0.717) is 18.9 Å². The molecule has 2 fully saturated rings. The van der Waals surface area contributed by atoms with Crippen molar-refractivity contribution in [2.24, 2.45) is 5.92 Å². The topological polar surface area (TPSA) is 62.3 Å². The average Bonchev–Trinajstić information content (AvgIpc) is 3.21. The molecule has 2 heterocycles. The Morgan fingerprint density at radius 1 is 1.37 bits per heavy atom. The molecule has 0 bridgehead atoms. The molecule has 5 heteroatoms. The fourth-order valence-corrected chi connectivity index (χ4v) is 2.53. The number of carbonyl (C=O) groups is 2. The monoisotopic (exact) mass is 259 g/mol. The normalized spacial score (nSPS) is 24.1. The second-order valence-electron chi connectivity index (χ2n) is 5.28. The Bertz CT molecular complexity index is 525. The van der Waals surface area contributed by atoms with Gasteiger partial charge >= 0.3 is 0 Å². The van der Waals surface area contributed by atoms with Gasteiger partial charge in [-0.1, -0.05) is 0 Å². The van der Waals surface area contributed by atoms with Gasteiger partial charge in [0.05, 0.1) is 11.9 Å². The van der Waals surface area contributed by atoms with Crippen molar-refractivity contribution in [3.05, 3.63) is 24.0 Å². The Balaban J connectivity index is 1.93. The van der Waals surface area contributed by atoms with Crippen LogP contribution in [0.3, 0.4) is 0 Å². The van der Waals surface area contributed by atoms with Crippen molar-refractivity contribution in [2.45, 2.75) is 32.2 Å². The van der Waals surface area contributed by atoms with Crippen LogP contribution in [0.25, 0.3) is 0 Å². The van der Waals surface area contributed by atoms with E-state index in [4.69, 9.17) is 0 Å². The number of amides is 2. The summed E-state index contributed by atoms with van der Waals surface area (Å²) in [6.45, 7) is 2.39. The van der Waals surface area contributed by atoms with Crippen molar-refractivity contribution in [1.29, 1.82) is 0 Å². The smallest absolute Gasteiger partial charge is 0.249 e. The first-order chi connectivity index (χ1) is 9.16. The number of nitrogens with one attached hydrogen (secondary N) is 1. The summed E-state index contributed by atoms with van der Waals surface area (Å²) in [5.41, 5.74) is 1.82. The molecule has 100 valence electrons. The largest absolute Gasteiger partial charge is 0.344 e. The third kappa shape index (κ3) is 2.32. The predicted molar refractivity (Wildman–Crippen MR) is 70.6 cm³/mol. The number of rotatable bonds is 2. The molecule has 1 unspecified atom stereocenters. The first-order valence-corrected chi connectivity index (χ1v) is 6.68. The van der Waals surface area contributed by atoms with Gasteiger partial charge in [0, 0.05) is 19.2 Å². The van der Waals surface area contributed by atoms with Crippen molar-refractivity contribution in [2.75, 3.05) is 11.4 Å². The number of hydrogen-bond donors (Lipinski definition) is 1. The van der Waals surface area contributed by atoms with Crippen LogP contribution in [0.15, 0.2) is 18.5 Å². The molecule has 1 aromatic heterocycles. The Hall–Kier alpha value is -1.91. The van der Waals surface area contributed by atoms with E-state index in [1.54, 1.807) is 17.3 Å². The summed E-state index contributed by atoms with van der Waals surface area (Å²) < 4.78 is 0. The molecule has 2 amide bonds. The van der Waals surface area contributed by atoms with Crippen LogP contribution in [-0.4, -0.2) is 29.4 Å². The molecule has 1 saturated heterocycles. The summed E-state index contributed by atoms with van der Waals surface area (Å²) in [5.74, 6) is 0.285. The van der Waals surface area contributed by atoms with Gasteiger partial charge in [-0.05, 0) is 37.3 Å². The summed E-state index contributed by atoms with van der Waals surface area (Å²) >= 11 is 0. The second kappa shape index (κ2) is 4.64. The quantitative estimate of drug-likeness (QED) is 0.862. The molecule has 1 saturated carbocycles. The number of aromatic nitrogens is 1. The van der Waals surface area contributed by atoms with Gasteiger partial charge in [0.2, 0.25) is 11.8 Å². The minimum Gasteiger partial charge on any atom is -0.344 e. The molecule has 0 aromatic carbocycles. The van der Waals surface area contributed by atoms with Crippen molar-refractivity contribution in [1.82, 2.24) is 10.3 Å². The molecule has 3 rings (SSSR count). The van der Waals surface area contributed by atoms with Gasteiger partial charge in [-0.25, -0.2) is 0 Å². The summed E-state index contributed by atoms with van der Waals surface area (Å²) in [6.07, 6.45) is 5.81. The lowest BCUT2D eigenvalue weighted by Gasteiger charge is -2.25. The minimum absolute atomic E-state index is 0.00412. The van der Waals surface area contributed by atoms with E-state index in [-0.39, 0.29) is 17.9 Å². The van der Waals surface area contributed by atoms with Crippen LogP contribution < -0.4 is 10.2 Å². The van der Waals surface area contributed by atoms with Crippen LogP contribution >= 0.6 is 0 Å². The Kier molecular flexibility index (Phi) is 2.97. The second-order valence-corrected chi connectivity index (χ2v) is 5.28. The molecule has 5 nitrogen and oxygen atoms in total. The molecular formula is C14H17N3O2. The van der Waals surface area contributed by atoms with E-state index in [1.165, 1.54) is 0 Å². The van der Waals surface area contributed by atoms with E-state index in [9.17, 15) is 9.59 Å². The Morgan fingerprint density at radius 3 is 2.84 bits per heavy atom. The van der Waals surface area contributed by atoms with Crippen molar-refractivity contribution >= 4 is 17.5 Å². The third-order valence-electron chi connectivity index (χ3n) is 3.81. The van der Waals surface area contributed by atoms with Crippen LogP contribution in [-0.2, 0) is 9.59 Å². The first-order valence-electron chi connectivity index (χ1n) is 6.68. The van der Waals surface area contributed by atoms with Crippen molar-refractivity contribution < 1.29 is 9.59 Å². The van der Waals surface area contributed by atoms with Crippen LogP contribution in [0.4, 0.5) is 5.69 Å². The zero-order chi connectivity index (χ0) is 13.4. The average molecular weight is 259 g/mol. The van der Waals surface area contributed by atoms with Crippen LogP contribution in [0.1, 0.15) is 24.8 Å². The number of hydrogen-bond acceptors (Lipinski definition) is 3. The van der Waals surface area contributed by atoms with Gasteiger partial charge < -0.3 is 10.2 Å². The molecule has 1 atom stereocenters. The SMILES string of the molecule is Cc1ccncc1N1CCC(=O)NC(C2CC2)C1=O. The highest BCUT2D eigenvalue weighted by Crippen LogP contribution is 2.35. The number of anilines is 1. The summed E-state index contributed by atoms with van der Waals surface area (Å²) in [5, 5.41) is 2.86. The lowest BCUT2D eigenvalue weighted by Crippen LogP contribution is -2.46. The molecule has 1 aliphatic heterocycles. The molecule has 1 aromatic rings. The third-order valence-corrected chi connectivity index (χ3v) is 3.81. The molecule has 19 heavy (non-hydrogen) atoms. The summed E-state index contributed by atoms with van der Waals surface area (Å²) in [6, 6.07) is 1.53. The zero-order valence-electron chi connectivity index (χ0n) is 10.9. The molecular weight excluding hydrogens is 242 g/mol. The summed E-state index contributed by atoms with van der Waals surface area (Å²) in [7, 11) is 0. The number of pyridine rings is 1. The van der Waals surface area contributed by atoms with Gasteiger partial charge in [0.1, 0.15) is 6.04 Å². The zero-order valence-corrected chi connectivity index (χ0v) is 10.9. The molecule has 2 aliphatic rings. The van der Waals surface area contributed by atoms with Gasteiger partial charge in [-0.3, -0.25) is 14.6 Å². The Morgan fingerprint density at radius 2 is 2.16 bits per heavy atom. The van der Waals surface area contributed by atoms with Gasteiger partial charge in [-0.2, -0.15) is 0 Å². The Labute approximate surface area is 112 Å². The summed E-state index contributed by atoms with van der Waals surface area (Å²) in [4.78, 5) is 30.1. The molecule has 1 aliphatic carbocycles. The minimum atomic E-state index is -0.352. The number of nitrogens with zero attached hydrogens (tertiary/aromatic N) is 2. The van der Waals surface area contributed by atoms with Crippen molar-refractivity contribution in [3.8, 4) is 0 Å². The van der Waals surface area contributed by atoms with Gasteiger partial charge in [-0.15, -0.1) is 0 Å². The lowest BCUT2D eigenvalue weighted by molar-refractivity contribution is -0.126.